The lowest BCUT2D eigenvalue weighted by Gasteiger charge is -2.32. The molecule has 1 amide bonds. The second-order valence-corrected chi connectivity index (χ2v) is 6.54. The summed E-state index contributed by atoms with van der Waals surface area (Å²) in [6, 6.07) is 24.0. The highest BCUT2D eigenvalue weighted by Gasteiger charge is 2.32. The number of carbonyl (C=O) groups is 1. The number of hydroxylamine groups is 2. The molecule has 0 fully saturated rings. The minimum Gasteiger partial charge on any atom is -0.290 e. The van der Waals surface area contributed by atoms with Crippen molar-refractivity contribution in [2.45, 2.75) is 13.1 Å². The molecule has 1 atom stereocenters. The van der Waals surface area contributed by atoms with Crippen molar-refractivity contribution in [3.05, 3.63) is 83.9 Å². The fourth-order valence-electron chi connectivity index (χ4n) is 3.42. The maximum absolute atomic E-state index is 12.5. The van der Waals surface area contributed by atoms with E-state index in [-0.39, 0.29) is 5.91 Å². The Hall–Kier alpha value is -3.02. The van der Waals surface area contributed by atoms with Crippen molar-refractivity contribution in [2.75, 3.05) is 13.7 Å². The summed E-state index contributed by atoms with van der Waals surface area (Å²) in [7, 11) is 1.84. The zero-order valence-corrected chi connectivity index (χ0v) is 15.4. The third-order valence-corrected chi connectivity index (χ3v) is 4.74. The van der Waals surface area contributed by atoms with Crippen LogP contribution in [0.2, 0.25) is 0 Å². The number of carbonyl (C=O) groups excluding carboxylic acids is 1. The summed E-state index contributed by atoms with van der Waals surface area (Å²) in [6.45, 7) is 1.83. The van der Waals surface area contributed by atoms with Crippen molar-refractivity contribution in [2.24, 2.45) is 5.10 Å². The van der Waals surface area contributed by atoms with Crippen molar-refractivity contribution in [1.82, 2.24) is 10.1 Å². The fourth-order valence-corrected chi connectivity index (χ4v) is 3.42. The van der Waals surface area contributed by atoms with Crippen molar-refractivity contribution in [3.8, 4) is 0 Å². The van der Waals surface area contributed by atoms with E-state index >= 15 is 0 Å². The normalized spacial score (nSPS) is 18.2. The summed E-state index contributed by atoms with van der Waals surface area (Å²) in [4.78, 5) is 18.5. The first-order chi connectivity index (χ1) is 13.1. The number of hydrazone groups is 1. The first kappa shape index (κ1) is 17.4. The van der Waals surface area contributed by atoms with Crippen molar-refractivity contribution in [3.63, 3.8) is 0 Å². The number of hydrogen-bond acceptors (Lipinski definition) is 4. The van der Waals surface area contributed by atoms with Gasteiger partial charge in [-0.25, -0.2) is 5.01 Å². The molecule has 0 radical (unpaired) electrons. The quantitative estimate of drug-likeness (QED) is 0.695. The van der Waals surface area contributed by atoms with Gasteiger partial charge in [-0.05, 0) is 10.8 Å². The van der Waals surface area contributed by atoms with E-state index in [4.69, 9.17) is 9.94 Å². The SMILES string of the molecule is CC(=O)N1N=C(c2ccccc2)CON(C)[C@H]1c1cccc2ccccc12. The van der Waals surface area contributed by atoms with Crippen LogP contribution in [0.4, 0.5) is 0 Å². The molecule has 0 aliphatic carbocycles. The Kier molecular flexibility index (Phi) is 4.71. The van der Waals surface area contributed by atoms with Gasteiger partial charge in [0.15, 0.2) is 6.17 Å². The molecule has 0 aromatic heterocycles. The van der Waals surface area contributed by atoms with Gasteiger partial charge in [0.25, 0.3) is 0 Å². The first-order valence-electron chi connectivity index (χ1n) is 8.91. The molecule has 27 heavy (non-hydrogen) atoms. The molecule has 0 spiro atoms. The summed E-state index contributed by atoms with van der Waals surface area (Å²) < 4.78 is 0. The minimum atomic E-state index is -0.449. The molecule has 0 unspecified atom stereocenters. The number of benzene rings is 3. The Bertz CT molecular complexity index is 995. The molecule has 0 bridgehead atoms. The predicted octanol–water partition coefficient (Wildman–Crippen LogP) is 3.97. The number of fused-ring (bicyclic) bond motifs is 1. The average Bonchev–Trinajstić information content (AvgIpc) is 2.87. The van der Waals surface area contributed by atoms with E-state index in [1.807, 2.05) is 61.6 Å². The lowest BCUT2D eigenvalue weighted by Crippen LogP contribution is -2.37. The lowest BCUT2D eigenvalue weighted by atomic mass is 10.0. The van der Waals surface area contributed by atoms with Gasteiger partial charge in [0.05, 0.1) is 5.71 Å². The monoisotopic (exact) mass is 359 g/mol. The number of hydrogen-bond donors (Lipinski definition) is 0. The fraction of sp³-hybridized carbons (Fsp3) is 0.182. The highest BCUT2D eigenvalue weighted by atomic mass is 16.7. The van der Waals surface area contributed by atoms with E-state index in [9.17, 15) is 4.79 Å². The van der Waals surface area contributed by atoms with Crippen LogP contribution < -0.4 is 0 Å². The summed E-state index contributed by atoms with van der Waals surface area (Å²) in [5.41, 5.74) is 2.64. The van der Waals surface area contributed by atoms with Gasteiger partial charge in [0.2, 0.25) is 5.91 Å². The average molecular weight is 359 g/mol. The van der Waals surface area contributed by atoms with Crippen LogP contribution in [0.5, 0.6) is 0 Å². The predicted molar refractivity (Wildman–Crippen MR) is 106 cm³/mol. The van der Waals surface area contributed by atoms with E-state index < -0.39 is 6.17 Å². The smallest absolute Gasteiger partial charge is 0.241 e. The molecule has 0 saturated carbocycles. The lowest BCUT2D eigenvalue weighted by molar-refractivity contribution is -0.190. The number of rotatable bonds is 2. The molecule has 1 aliphatic rings. The highest BCUT2D eigenvalue weighted by molar-refractivity contribution is 6.02. The van der Waals surface area contributed by atoms with Gasteiger partial charge in [-0.3, -0.25) is 9.63 Å². The van der Waals surface area contributed by atoms with Gasteiger partial charge < -0.3 is 0 Å². The van der Waals surface area contributed by atoms with E-state index in [1.165, 1.54) is 11.9 Å². The van der Waals surface area contributed by atoms with Crippen LogP contribution in [0.1, 0.15) is 24.2 Å². The minimum absolute atomic E-state index is 0.140. The van der Waals surface area contributed by atoms with Crippen LogP contribution in [0.3, 0.4) is 0 Å². The molecule has 4 rings (SSSR count). The maximum Gasteiger partial charge on any atom is 0.241 e. The van der Waals surface area contributed by atoms with Crippen molar-refractivity contribution >= 4 is 22.4 Å². The first-order valence-corrected chi connectivity index (χ1v) is 8.91. The standard InChI is InChI=1S/C22H21N3O2/c1-16(26)25-22(20-14-8-12-17-9-6-7-13-19(17)20)24(2)27-15-21(23-25)18-10-4-3-5-11-18/h3-14,22H,15H2,1-2H3/t22-/m1/s1. The van der Waals surface area contributed by atoms with Crippen LogP contribution in [0.25, 0.3) is 10.8 Å². The van der Waals surface area contributed by atoms with Gasteiger partial charge in [-0.2, -0.15) is 10.2 Å². The third-order valence-electron chi connectivity index (χ3n) is 4.74. The zero-order valence-electron chi connectivity index (χ0n) is 15.4. The van der Waals surface area contributed by atoms with Crippen LogP contribution in [0.15, 0.2) is 77.9 Å². The second-order valence-electron chi connectivity index (χ2n) is 6.54. The molecule has 5 heteroatoms. The number of amides is 1. The Morgan fingerprint density at radius 2 is 1.70 bits per heavy atom. The van der Waals surface area contributed by atoms with Gasteiger partial charge >= 0.3 is 0 Å². The topological polar surface area (TPSA) is 45.1 Å². The van der Waals surface area contributed by atoms with Crippen LogP contribution in [0, 0.1) is 0 Å². The van der Waals surface area contributed by atoms with Crippen LogP contribution in [-0.4, -0.2) is 35.3 Å². The summed E-state index contributed by atoms with van der Waals surface area (Å²) in [5, 5.41) is 10.1. The van der Waals surface area contributed by atoms with E-state index in [1.54, 1.807) is 5.06 Å². The molecular formula is C22H21N3O2. The molecule has 1 heterocycles. The van der Waals surface area contributed by atoms with Crippen LogP contribution >= 0.6 is 0 Å². The molecular weight excluding hydrogens is 338 g/mol. The van der Waals surface area contributed by atoms with Crippen LogP contribution in [-0.2, 0) is 9.63 Å². The molecule has 0 N–H and O–H groups in total. The van der Waals surface area contributed by atoms with Gasteiger partial charge in [-0.1, -0.05) is 72.8 Å². The molecule has 0 saturated heterocycles. The van der Waals surface area contributed by atoms with Gasteiger partial charge in [0.1, 0.15) is 6.61 Å². The summed E-state index contributed by atoms with van der Waals surface area (Å²) in [5.74, 6) is -0.140. The van der Waals surface area contributed by atoms with Crippen molar-refractivity contribution < 1.29 is 9.63 Å². The Morgan fingerprint density at radius 1 is 1.00 bits per heavy atom. The summed E-state index contributed by atoms with van der Waals surface area (Å²) >= 11 is 0. The third kappa shape index (κ3) is 3.35. The molecule has 3 aromatic carbocycles. The van der Waals surface area contributed by atoms with Gasteiger partial charge in [0, 0.05) is 25.1 Å². The summed E-state index contributed by atoms with van der Waals surface area (Å²) in [6.07, 6.45) is -0.449. The molecule has 1 aliphatic heterocycles. The van der Waals surface area contributed by atoms with E-state index in [0.717, 1.165) is 27.6 Å². The molecule has 5 nitrogen and oxygen atoms in total. The number of nitrogens with zero attached hydrogens (tertiary/aromatic N) is 3. The highest BCUT2D eigenvalue weighted by Crippen LogP contribution is 2.32. The molecule has 136 valence electrons. The second kappa shape index (κ2) is 7.31. The Labute approximate surface area is 158 Å². The molecule has 3 aromatic rings. The van der Waals surface area contributed by atoms with Gasteiger partial charge in [-0.15, -0.1) is 0 Å². The Balaban J connectivity index is 1.85. The van der Waals surface area contributed by atoms with E-state index in [2.05, 4.69) is 18.2 Å². The zero-order chi connectivity index (χ0) is 18.8. The largest absolute Gasteiger partial charge is 0.290 e. The Morgan fingerprint density at radius 3 is 2.48 bits per heavy atom. The maximum atomic E-state index is 12.5. The van der Waals surface area contributed by atoms with Crippen molar-refractivity contribution in [1.29, 1.82) is 0 Å². The van der Waals surface area contributed by atoms with E-state index in [0.29, 0.717) is 6.61 Å².